The highest BCUT2D eigenvalue weighted by molar-refractivity contribution is 5.94. The van der Waals surface area contributed by atoms with Gasteiger partial charge in [-0.25, -0.2) is 4.39 Å². The summed E-state index contributed by atoms with van der Waals surface area (Å²) in [4.78, 5) is 16.3. The highest BCUT2D eigenvalue weighted by atomic mass is 19.1. The number of ether oxygens (including phenoxy) is 1. The molecule has 2 atom stereocenters. The number of aliphatic imine (C=N–C) groups is 1. The van der Waals surface area contributed by atoms with E-state index in [9.17, 15) is 9.18 Å². The summed E-state index contributed by atoms with van der Waals surface area (Å²) in [7, 11) is 1.67. The van der Waals surface area contributed by atoms with Crippen LogP contribution < -0.4 is 16.0 Å². The van der Waals surface area contributed by atoms with Crippen molar-refractivity contribution in [1.29, 1.82) is 0 Å². The van der Waals surface area contributed by atoms with Crippen molar-refractivity contribution >= 4 is 17.6 Å². The van der Waals surface area contributed by atoms with Crippen LogP contribution in [0.5, 0.6) is 0 Å². The predicted molar refractivity (Wildman–Crippen MR) is 117 cm³/mol. The van der Waals surface area contributed by atoms with E-state index in [1.54, 1.807) is 7.05 Å². The van der Waals surface area contributed by atoms with Crippen LogP contribution in [0.15, 0.2) is 53.5 Å². The average molecular weight is 413 g/mol. The Labute approximate surface area is 176 Å². The molecule has 0 aromatic heterocycles. The van der Waals surface area contributed by atoms with Crippen LogP contribution in [0.1, 0.15) is 30.1 Å². The van der Waals surface area contributed by atoms with Gasteiger partial charge in [0.15, 0.2) is 5.96 Å². The number of rotatable bonds is 6. The van der Waals surface area contributed by atoms with E-state index in [0.717, 1.165) is 19.4 Å². The van der Waals surface area contributed by atoms with Crippen molar-refractivity contribution in [3.05, 3.63) is 65.5 Å². The molecule has 1 saturated heterocycles. The van der Waals surface area contributed by atoms with E-state index < -0.39 is 0 Å². The van der Waals surface area contributed by atoms with Gasteiger partial charge in [-0.3, -0.25) is 9.79 Å². The number of hydrogen-bond acceptors (Lipinski definition) is 3. The van der Waals surface area contributed by atoms with Crippen LogP contribution in [0.25, 0.3) is 0 Å². The number of aryl methyl sites for hydroxylation is 1. The minimum Gasteiger partial charge on any atom is -0.373 e. The van der Waals surface area contributed by atoms with Gasteiger partial charge in [-0.1, -0.05) is 29.8 Å². The molecule has 0 radical (unpaired) electrons. The molecule has 3 rings (SSSR count). The highest BCUT2D eigenvalue weighted by Crippen LogP contribution is 2.33. The van der Waals surface area contributed by atoms with E-state index in [1.165, 1.54) is 35.4 Å². The number of carbonyl (C=O) groups is 1. The quantitative estimate of drug-likeness (QED) is 0.502. The van der Waals surface area contributed by atoms with Gasteiger partial charge >= 0.3 is 0 Å². The molecule has 1 heterocycles. The second-order valence-electron chi connectivity index (χ2n) is 7.47. The lowest BCUT2D eigenvalue weighted by Gasteiger charge is -2.32. The summed E-state index contributed by atoms with van der Waals surface area (Å²) in [6.07, 6.45) is 2.14. The first-order chi connectivity index (χ1) is 14.5. The van der Waals surface area contributed by atoms with Gasteiger partial charge in [0.1, 0.15) is 5.82 Å². The Balaban J connectivity index is 1.49. The van der Waals surface area contributed by atoms with E-state index in [1.807, 2.05) is 0 Å². The third-order valence-electron chi connectivity index (χ3n) is 5.15. The van der Waals surface area contributed by atoms with Gasteiger partial charge < -0.3 is 20.7 Å². The molecule has 1 amide bonds. The molecular formula is C23H29FN4O2. The van der Waals surface area contributed by atoms with E-state index in [4.69, 9.17) is 4.74 Å². The van der Waals surface area contributed by atoms with Crippen LogP contribution in [-0.4, -0.2) is 38.6 Å². The van der Waals surface area contributed by atoms with Gasteiger partial charge in [0.25, 0.3) is 0 Å². The second-order valence-corrected chi connectivity index (χ2v) is 7.47. The number of guanidine groups is 1. The molecule has 2 aromatic rings. The van der Waals surface area contributed by atoms with E-state index in [2.05, 4.69) is 52.1 Å². The summed E-state index contributed by atoms with van der Waals surface area (Å²) in [5.41, 5.74) is 2.97. The Hall–Kier alpha value is -2.93. The monoisotopic (exact) mass is 412 g/mol. The Morgan fingerprint density at radius 1 is 1.13 bits per heavy atom. The molecule has 7 heteroatoms. The highest BCUT2D eigenvalue weighted by Gasteiger charge is 2.27. The van der Waals surface area contributed by atoms with Crippen molar-refractivity contribution in [3.63, 3.8) is 0 Å². The fourth-order valence-corrected chi connectivity index (χ4v) is 3.53. The molecular weight excluding hydrogens is 383 g/mol. The van der Waals surface area contributed by atoms with Crippen molar-refractivity contribution in [2.24, 2.45) is 10.9 Å². The zero-order chi connectivity index (χ0) is 21.3. The predicted octanol–water partition coefficient (Wildman–Crippen LogP) is 3.41. The third-order valence-corrected chi connectivity index (χ3v) is 5.15. The van der Waals surface area contributed by atoms with E-state index in [0.29, 0.717) is 24.1 Å². The molecule has 0 saturated carbocycles. The van der Waals surface area contributed by atoms with Crippen LogP contribution in [0.2, 0.25) is 0 Å². The van der Waals surface area contributed by atoms with Crippen LogP contribution in [0.4, 0.5) is 10.1 Å². The number of nitrogens with zero attached hydrogens (tertiary/aromatic N) is 1. The van der Waals surface area contributed by atoms with Crippen molar-refractivity contribution < 1.29 is 13.9 Å². The normalized spacial score (nSPS) is 19.2. The summed E-state index contributed by atoms with van der Waals surface area (Å²) in [6.45, 7) is 3.59. The molecule has 1 fully saturated rings. The zero-order valence-electron chi connectivity index (χ0n) is 17.5. The maximum absolute atomic E-state index is 13.0. The molecule has 0 aliphatic carbocycles. The van der Waals surface area contributed by atoms with Crippen molar-refractivity contribution in [1.82, 2.24) is 10.6 Å². The first-order valence-corrected chi connectivity index (χ1v) is 10.2. The molecule has 3 N–H and O–H groups in total. The molecule has 1 aliphatic heterocycles. The van der Waals surface area contributed by atoms with Gasteiger partial charge in [0.2, 0.25) is 5.91 Å². The smallest absolute Gasteiger partial charge is 0.243 e. The average Bonchev–Trinajstić information content (AvgIpc) is 2.76. The van der Waals surface area contributed by atoms with E-state index in [-0.39, 0.29) is 24.4 Å². The Morgan fingerprint density at radius 2 is 1.87 bits per heavy atom. The topological polar surface area (TPSA) is 74.8 Å². The van der Waals surface area contributed by atoms with Gasteiger partial charge in [0, 0.05) is 31.8 Å². The molecule has 1 aliphatic rings. The van der Waals surface area contributed by atoms with Crippen LogP contribution in [0.3, 0.4) is 0 Å². The summed E-state index contributed by atoms with van der Waals surface area (Å²) in [6, 6.07) is 14.1. The van der Waals surface area contributed by atoms with Crippen LogP contribution >= 0.6 is 0 Å². The number of benzene rings is 2. The largest absolute Gasteiger partial charge is 0.373 e. The van der Waals surface area contributed by atoms with E-state index >= 15 is 0 Å². The molecule has 2 aromatic carbocycles. The Bertz CT molecular complexity index is 853. The maximum Gasteiger partial charge on any atom is 0.243 e. The van der Waals surface area contributed by atoms with Crippen molar-refractivity contribution in [2.45, 2.75) is 25.9 Å². The lowest BCUT2D eigenvalue weighted by molar-refractivity contribution is -0.115. The first kappa shape index (κ1) is 21.8. The zero-order valence-corrected chi connectivity index (χ0v) is 17.5. The van der Waals surface area contributed by atoms with Gasteiger partial charge in [-0.05, 0) is 49.6 Å². The standard InChI is InChI=1S/C23H29FN4O2/c1-16-5-7-17(8-6-16)22-18(4-3-13-30-22)14-26-23(25-2)27-15-21(29)28-20-11-9-19(24)10-12-20/h5-12,18,22H,3-4,13-15H2,1-2H3,(H,28,29)(H2,25,26,27). The van der Waals surface area contributed by atoms with Gasteiger partial charge in [-0.2, -0.15) is 0 Å². The number of amides is 1. The molecule has 0 spiro atoms. The molecule has 160 valence electrons. The summed E-state index contributed by atoms with van der Waals surface area (Å²) >= 11 is 0. The number of nitrogens with one attached hydrogen (secondary N) is 3. The fourth-order valence-electron chi connectivity index (χ4n) is 3.53. The SMILES string of the molecule is CN=C(NCC(=O)Nc1ccc(F)cc1)NCC1CCCOC1c1ccc(C)cc1. The Kier molecular flexibility index (Phi) is 7.79. The van der Waals surface area contributed by atoms with Crippen LogP contribution in [0, 0.1) is 18.7 Å². The molecule has 2 unspecified atom stereocenters. The fraction of sp³-hybridized carbons (Fsp3) is 0.391. The van der Waals surface area contributed by atoms with Crippen molar-refractivity contribution in [3.8, 4) is 0 Å². The third kappa shape index (κ3) is 6.29. The number of anilines is 1. The lowest BCUT2D eigenvalue weighted by Crippen LogP contribution is -2.44. The number of halogens is 1. The van der Waals surface area contributed by atoms with Crippen molar-refractivity contribution in [2.75, 3.05) is 32.1 Å². The second kappa shape index (κ2) is 10.7. The minimum absolute atomic E-state index is 0.0479. The van der Waals surface area contributed by atoms with Gasteiger partial charge in [0.05, 0.1) is 12.6 Å². The first-order valence-electron chi connectivity index (χ1n) is 10.2. The molecule has 30 heavy (non-hydrogen) atoms. The molecule has 0 bridgehead atoms. The number of hydrogen-bond donors (Lipinski definition) is 3. The minimum atomic E-state index is -0.341. The number of carbonyl (C=O) groups excluding carboxylic acids is 1. The van der Waals surface area contributed by atoms with Crippen LogP contribution in [-0.2, 0) is 9.53 Å². The summed E-state index contributed by atoms with van der Waals surface area (Å²) < 4.78 is 19.0. The molecule has 6 nitrogen and oxygen atoms in total. The van der Waals surface area contributed by atoms with Gasteiger partial charge in [-0.15, -0.1) is 0 Å². The summed E-state index contributed by atoms with van der Waals surface area (Å²) in [5, 5.41) is 9.04. The maximum atomic E-state index is 13.0. The Morgan fingerprint density at radius 3 is 2.57 bits per heavy atom. The summed E-state index contributed by atoms with van der Waals surface area (Å²) in [5.74, 6) is 0.292. The lowest BCUT2D eigenvalue weighted by atomic mass is 9.89.